The van der Waals surface area contributed by atoms with Crippen molar-refractivity contribution >= 4 is 56.1 Å². The van der Waals surface area contributed by atoms with Crippen LogP contribution in [0.1, 0.15) is 37.7 Å². The fourth-order valence-electron chi connectivity index (χ4n) is 2.77. The maximum Gasteiger partial charge on any atom is 0.172 e. The molecule has 3 rings (SSSR count). The fraction of sp³-hybridized carbons (Fsp3) is 0.222. The van der Waals surface area contributed by atoms with Crippen molar-refractivity contribution in [1.29, 1.82) is 0 Å². The quantitative estimate of drug-likeness (QED) is 0.690. The van der Waals surface area contributed by atoms with Gasteiger partial charge in [0, 0.05) is 23.6 Å². The van der Waals surface area contributed by atoms with Crippen LogP contribution in [0.4, 0.5) is 5.69 Å². The Bertz CT molecular complexity index is 852. The molecule has 1 aliphatic rings. The lowest BCUT2D eigenvalue weighted by Crippen LogP contribution is -2.31. The number of nitrogens with one attached hydrogen (secondary N) is 1. The largest absolute Gasteiger partial charge is 0.376 e. The highest BCUT2D eigenvalue weighted by Crippen LogP contribution is 2.38. The molecule has 0 aliphatic carbocycles. The van der Waals surface area contributed by atoms with Crippen LogP contribution < -0.4 is 5.32 Å². The molecule has 0 unspecified atom stereocenters. The third-order valence-electron chi connectivity index (χ3n) is 3.74. The summed E-state index contributed by atoms with van der Waals surface area (Å²) >= 11 is 18.6. The predicted octanol–water partition coefficient (Wildman–Crippen LogP) is 6.04. The second-order valence-electron chi connectivity index (χ2n) is 6.29. The number of aromatic nitrogens is 2. The summed E-state index contributed by atoms with van der Waals surface area (Å²) in [6.07, 6.45) is 5.17. The maximum atomic E-state index is 6.47. The highest BCUT2D eigenvalue weighted by atomic mass is 35.5. The van der Waals surface area contributed by atoms with E-state index in [2.05, 4.69) is 42.1 Å². The number of nitrogens with zero attached hydrogens (tertiary/aromatic N) is 2. The van der Waals surface area contributed by atoms with E-state index in [0.29, 0.717) is 20.9 Å². The molecule has 1 aromatic heterocycles. The van der Waals surface area contributed by atoms with Gasteiger partial charge in [-0.15, -0.1) is 0 Å². The Labute approximate surface area is 156 Å². The van der Waals surface area contributed by atoms with Crippen LogP contribution in [-0.4, -0.2) is 15.5 Å². The molecule has 0 saturated heterocycles. The monoisotopic (exact) mass is 379 g/mol. The van der Waals surface area contributed by atoms with Crippen LogP contribution in [0.15, 0.2) is 36.7 Å². The molecule has 0 fully saturated rings. The zero-order chi connectivity index (χ0) is 17.5. The molecule has 0 radical (unpaired) electrons. The molecule has 124 valence electrons. The van der Waals surface area contributed by atoms with Crippen molar-refractivity contribution in [2.75, 3.05) is 5.32 Å². The van der Waals surface area contributed by atoms with Crippen LogP contribution in [0.25, 0.3) is 15.6 Å². The molecule has 0 bridgehead atoms. The van der Waals surface area contributed by atoms with E-state index in [-0.39, 0.29) is 5.54 Å². The van der Waals surface area contributed by atoms with Gasteiger partial charge in [0.05, 0.1) is 15.6 Å². The van der Waals surface area contributed by atoms with Crippen molar-refractivity contribution in [3.8, 4) is 0 Å². The maximum absolute atomic E-state index is 6.47. The normalized spacial score (nSPS) is 16.7. The summed E-state index contributed by atoms with van der Waals surface area (Å²) in [6, 6.07) is 5.96. The lowest BCUT2D eigenvalue weighted by atomic mass is 9.90. The molecule has 2 aromatic rings. The smallest absolute Gasteiger partial charge is 0.172 e. The van der Waals surface area contributed by atoms with E-state index >= 15 is 0 Å². The molecular formula is C18H16Cl3N3. The third-order valence-corrected chi connectivity index (χ3v) is 4.80. The Morgan fingerprint density at radius 1 is 1.08 bits per heavy atom. The third kappa shape index (κ3) is 3.44. The minimum absolute atomic E-state index is 0.0764. The number of halogens is 3. The minimum Gasteiger partial charge on any atom is -0.376 e. The van der Waals surface area contributed by atoms with Gasteiger partial charge in [0.15, 0.2) is 5.82 Å². The summed E-state index contributed by atoms with van der Waals surface area (Å²) in [4.78, 5) is 8.21. The first-order chi connectivity index (χ1) is 11.3. The zero-order valence-electron chi connectivity index (χ0n) is 13.5. The highest BCUT2D eigenvalue weighted by Gasteiger charge is 2.23. The van der Waals surface area contributed by atoms with E-state index in [1.807, 2.05) is 18.2 Å². The molecule has 24 heavy (non-hydrogen) atoms. The molecule has 0 atom stereocenters. The summed E-state index contributed by atoms with van der Waals surface area (Å²) in [6.45, 7) is 6.36. The molecule has 1 aliphatic heterocycles. The van der Waals surface area contributed by atoms with E-state index in [0.717, 1.165) is 16.8 Å². The van der Waals surface area contributed by atoms with Crippen molar-refractivity contribution in [3.63, 3.8) is 0 Å². The van der Waals surface area contributed by atoms with Gasteiger partial charge in [0.1, 0.15) is 5.03 Å². The van der Waals surface area contributed by atoms with Gasteiger partial charge in [0.25, 0.3) is 0 Å². The molecule has 1 aromatic carbocycles. The summed E-state index contributed by atoms with van der Waals surface area (Å²) < 4.78 is 0. The number of hydrogen-bond acceptors (Lipinski definition) is 3. The van der Waals surface area contributed by atoms with Gasteiger partial charge in [-0.1, -0.05) is 46.9 Å². The van der Waals surface area contributed by atoms with Crippen molar-refractivity contribution in [1.82, 2.24) is 9.97 Å². The van der Waals surface area contributed by atoms with Crippen LogP contribution in [0.5, 0.6) is 0 Å². The van der Waals surface area contributed by atoms with Gasteiger partial charge in [-0.25, -0.2) is 9.97 Å². The van der Waals surface area contributed by atoms with E-state index in [1.165, 1.54) is 18.0 Å². The molecule has 1 N–H and O–H groups in total. The van der Waals surface area contributed by atoms with Gasteiger partial charge in [-0.2, -0.15) is 0 Å². The number of hydrogen-bond donors (Lipinski definition) is 1. The van der Waals surface area contributed by atoms with Crippen LogP contribution in [0, 0.1) is 0 Å². The zero-order valence-corrected chi connectivity index (χ0v) is 15.8. The van der Waals surface area contributed by atoms with Gasteiger partial charge < -0.3 is 5.32 Å². The van der Waals surface area contributed by atoms with E-state index < -0.39 is 0 Å². The van der Waals surface area contributed by atoms with Gasteiger partial charge in [0.2, 0.25) is 0 Å². The summed E-state index contributed by atoms with van der Waals surface area (Å²) in [7, 11) is 0. The Balaban J connectivity index is 2.03. The number of benzene rings is 1. The van der Waals surface area contributed by atoms with Gasteiger partial charge in [-0.05, 0) is 44.0 Å². The van der Waals surface area contributed by atoms with Crippen molar-refractivity contribution in [2.45, 2.75) is 26.3 Å². The van der Waals surface area contributed by atoms with Crippen LogP contribution in [-0.2, 0) is 0 Å². The van der Waals surface area contributed by atoms with E-state index in [4.69, 9.17) is 34.8 Å². The fourth-order valence-corrected chi connectivity index (χ4v) is 3.28. The average Bonchev–Trinajstić information content (AvgIpc) is 2.53. The second-order valence-corrected chi connectivity index (χ2v) is 7.48. The summed E-state index contributed by atoms with van der Waals surface area (Å²) in [5.74, 6) is 0.343. The SMILES string of the molecule is CC1=CC(C)(C)Nc2ccc(/C(Cl)=C(\Cl)c3ncc(Cl)cn3)cc21. The molecule has 0 amide bonds. The van der Waals surface area contributed by atoms with Crippen LogP contribution in [0.3, 0.4) is 0 Å². The van der Waals surface area contributed by atoms with E-state index in [9.17, 15) is 0 Å². The number of anilines is 1. The first kappa shape index (κ1) is 17.3. The Morgan fingerprint density at radius 3 is 2.42 bits per heavy atom. The van der Waals surface area contributed by atoms with Gasteiger partial charge >= 0.3 is 0 Å². The Kier molecular flexibility index (Phi) is 4.60. The lowest BCUT2D eigenvalue weighted by molar-refractivity contribution is 0.707. The standard InChI is InChI=1S/C18H16Cl3N3/c1-10-7-18(2,3)24-14-5-4-11(6-13(10)14)15(20)16(21)17-22-8-12(19)9-23-17/h4-9,24H,1-3H3/b16-15+. The molecule has 2 heterocycles. The Hall–Kier alpha value is -1.55. The molecule has 3 nitrogen and oxygen atoms in total. The molecule has 0 saturated carbocycles. The Morgan fingerprint density at radius 2 is 1.75 bits per heavy atom. The number of rotatable bonds is 2. The highest BCUT2D eigenvalue weighted by molar-refractivity contribution is 6.65. The van der Waals surface area contributed by atoms with Crippen LogP contribution >= 0.6 is 34.8 Å². The number of fused-ring (bicyclic) bond motifs is 1. The van der Waals surface area contributed by atoms with Crippen molar-refractivity contribution in [2.24, 2.45) is 0 Å². The van der Waals surface area contributed by atoms with Crippen molar-refractivity contribution < 1.29 is 0 Å². The van der Waals surface area contributed by atoms with Crippen molar-refractivity contribution in [3.05, 3.63) is 58.6 Å². The summed E-state index contributed by atoms with van der Waals surface area (Å²) in [5.41, 5.74) is 4.11. The first-order valence-corrected chi connectivity index (χ1v) is 8.56. The summed E-state index contributed by atoms with van der Waals surface area (Å²) in [5, 5.41) is 4.63. The first-order valence-electron chi connectivity index (χ1n) is 7.42. The predicted molar refractivity (Wildman–Crippen MR) is 103 cm³/mol. The molecule has 0 spiro atoms. The topological polar surface area (TPSA) is 37.8 Å². The average molecular weight is 381 g/mol. The van der Waals surface area contributed by atoms with Gasteiger partial charge in [-0.3, -0.25) is 0 Å². The lowest BCUT2D eigenvalue weighted by Gasteiger charge is -2.31. The molecular weight excluding hydrogens is 365 g/mol. The molecule has 6 heteroatoms. The van der Waals surface area contributed by atoms with Crippen LogP contribution in [0.2, 0.25) is 5.02 Å². The number of allylic oxidation sites excluding steroid dienone is 1. The van der Waals surface area contributed by atoms with E-state index in [1.54, 1.807) is 0 Å². The second kappa shape index (κ2) is 6.40. The minimum atomic E-state index is -0.0764.